The standard InChI is InChI=1S/C17H20O3/c1-17(2,10-18)16-8-11-7-15(19)13-6-4-3-5-12(13)14(11)9-20-16/h3-6,16,18H,7-10H2,1-2H3. The largest absolute Gasteiger partial charge is 0.396 e. The van der Waals surface area contributed by atoms with Crippen molar-refractivity contribution in [2.24, 2.45) is 5.41 Å². The van der Waals surface area contributed by atoms with Crippen molar-refractivity contribution < 1.29 is 14.6 Å². The Morgan fingerprint density at radius 2 is 2.00 bits per heavy atom. The van der Waals surface area contributed by atoms with Crippen molar-refractivity contribution in [3.05, 3.63) is 41.0 Å². The van der Waals surface area contributed by atoms with E-state index in [0.29, 0.717) is 13.0 Å². The van der Waals surface area contributed by atoms with Crippen LogP contribution in [0.4, 0.5) is 0 Å². The van der Waals surface area contributed by atoms with Crippen molar-refractivity contribution in [2.45, 2.75) is 32.8 Å². The molecule has 0 bridgehead atoms. The molecule has 3 heteroatoms. The Labute approximate surface area is 119 Å². The number of carbonyl (C=O) groups excluding carboxylic acids is 1. The summed E-state index contributed by atoms with van der Waals surface area (Å²) in [6.07, 6.45) is 1.21. The molecule has 1 heterocycles. The molecule has 0 saturated carbocycles. The van der Waals surface area contributed by atoms with E-state index in [2.05, 4.69) is 0 Å². The zero-order valence-electron chi connectivity index (χ0n) is 12.0. The smallest absolute Gasteiger partial charge is 0.167 e. The van der Waals surface area contributed by atoms with Crippen LogP contribution < -0.4 is 0 Å². The molecule has 1 aliphatic heterocycles. The number of ketones is 1. The van der Waals surface area contributed by atoms with Crippen LogP contribution >= 0.6 is 0 Å². The van der Waals surface area contributed by atoms with Crippen molar-refractivity contribution in [1.29, 1.82) is 0 Å². The minimum atomic E-state index is -0.279. The molecule has 0 spiro atoms. The van der Waals surface area contributed by atoms with Crippen molar-refractivity contribution in [2.75, 3.05) is 13.2 Å². The molecule has 0 saturated heterocycles. The summed E-state index contributed by atoms with van der Waals surface area (Å²) >= 11 is 0. The summed E-state index contributed by atoms with van der Waals surface area (Å²) in [5, 5.41) is 9.49. The van der Waals surface area contributed by atoms with Crippen LogP contribution in [0.3, 0.4) is 0 Å². The normalized spacial score (nSPS) is 22.6. The Bertz CT molecular complexity index is 584. The van der Waals surface area contributed by atoms with E-state index in [4.69, 9.17) is 4.74 Å². The van der Waals surface area contributed by atoms with E-state index >= 15 is 0 Å². The fourth-order valence-corrected chi connectivity index (χ4v) is 3.02. The van der Waals surface area contributed by atoms with Gasteiger partial charge in [-0.2, -0.15) is 0 Å². The van der Waals surface area contributed by atoms with Crippen molar-refractivity contribution in [3.63, 3.8) is 0 Å². The third-order valence-corrected chi connectivity index (χ3v) is 4.49. The van der Waals surface area contributed by atoms with Gasteiger partial charge >= 0.3 is 0 Å². The van der Waals surface area contributed by atoms with Crippen LogP contribution in [0.2, 0.25) is 0 Å². The molecule has 2 aliphatic rings. The Balaban J connectivity index is 1.97. The number of aliphatic hydroxyl groups excluding tert-OH is 1. The van der Waals surface area contributed by atoms with Crippen LogP contribution in [0, 0.1) is 5.41 Å². The fraction of sp³-hybridized carbons (Fsp3) is 0.471. The highest BCUT2D eigenvalue weighted by molar-refractivity contribution is 6.06. The maximum absolute atomic E-state index is 12.2. The summed E-state index contributed by atoms with van der Waals surface area (Å²) in [6.45, 7) is 4.63. The molecule has 3 nitrogen and oxygen atoms in total. The number of Topliss-reactive ketones (excluding diaryl/α,β-unsaturated/α-hetero) is 1. The number of rotatable bonds is 2. The number of hydrogen-bond donors (Lipinski definition) is 1. The molecule has 20 heavy (non-hydrogen) atoms. The van der Waals surface area contributed by atoms with E-state index in [-0.39, 0.29) is 23.9 Å². The Hall–Kier alpha value is -1.45. The molecule has 1 atom stereocenters. The molecular formula is C17H20O3. The molecule has 1 aromatic carbocycles. The molecule has 1 aliphatic carbocycles. The fourth-order valence-electron chi connectivity index (χ4n) is 3.02. The average molecular weight is 272 g/mol. The zero-order valence-corrected chi connectivity index (χ0v) is 12.0. The Morgan fingerprint density at radius 3 is 2.70 bits per heavy atom. The first kappa shape index (κ1) is 13.5. The predicted octanol–water partition coefficient (Wildman–Crippen LogP) is 2.83. The monoisotopic (exact) mass is 272 g/mol. The second-order valence-corrected chi connectivity index (χ2v) is 6.38. The van der Waals surface area contributed by atoms with Gasteiger partial charge in [0.2, 0.25) is 0 Å². The summed E-state index contributed by atoms with van der Waals surface area (Å²) < 4.78 is 5.97. The number of benzene rings is 1. The van der Waals surface area contributed by atoms with Crippen molar-refractivity contribution in [3.8, 4) is 0 Å². The second-order valence-electron chi connectivity index (χ2n) is 6.38. The minimum Gasteiger partial charge on any atom is -0.396 e. The topological polar surface area (TPSA) is 46.5 Å². The Kier molecular flexibility index (Phi) is 3.27. The van der Waals surface area contributed by atoms with Crippen LogP contribution in [0.15, 0.2) is 29.8 Å². The molecule has 106 valence electrons. The predicted molar refractivity (Wildman–Crippen MR) is 77.5 cm³/mol. The van der Waals surface area contributed by atoms with Gasteiger partial charge in [-0.3, -0.25) is 4.79 Å². The summed E-state index contributed by atoms with van der Waals surface area (Å²) in [4.78, 5) is 12.2. The number of carbonyl (C=O) groups is 1. The first-order chi connectivity index (χ1) is 9.53. The SMILES string of the molecule is CC(C)(CO)C1CC2=C(CO1)c1ccccc1C(=O)C2. The van der Waals surface area contributed by atoms with Crippen LogP contribution in [-0.2, 0) is 4.74 Å². The third-order valence-electron chi connectivity index (χ3n) is 4.49. The molecule has 1 N–H and O–H groups in total. The van der Waals surface area contributed by atoms with Gasteiger partial charge in [-0.05, 0) is 17.6 Å². The lowest BCUT2D eigenvalue weighted by Gasteiger charge is -2.38. The second kappa shape index (κ2) is 4.83. The summed E-state index contributed by atoms with van der Waals surface area (Å²) in [6, 6.07) is 7.77. The maximum atomic E-state index is 12.2. The van der Waals surface area contributed by atoms with Gasteiger partial charge in [-0.25, -0.2) is 0 Å². The number of hydrogen-bond acceptors (Lipinski definition) is 3. The molecular weight excluding hydrogens is 252 g/mol. The quantitative estimate of drug-likeness (QED) is 0.900. The summed E-state index contributed by atoms with van der Waals surface area (Å²) in [5.41, 5.74) is 3.92. The van der Waals surface area contributed by atoms with E-state index in [1.807, 2.05) is 38.1 Å². The number of ether oxygens (including phenoxy) is 1. The maximum Gasteiger partial charge on any atom is 0.167 e. The lowest BCUT2D eigenvalue weighted by molar-refractivity contribution is -0.0412. The van der Waals surface area contributed by atoms with E-state index in [1.165, 1.54) is 11.1 Å². The van der Waals surface area contributed by atoms with Crippen LogP contribution in [0.25, 0.3) is 5.57 Å². The van der Waals surface area contributed by atoms with Gasteiger partial charge in [0.25, 0.3) is 0 Å². The lowest BCUT2D eigenvalue weighted by atomic mass is 9.76. The zero-order chi connectivity index (χ0) is 14.3. The highest BCUT2D eigenvalue weighted by Crippen LogP contribution is 2.40. The summed E-state index contributed by atoms with van der Waals surface area (Å²) in [5.74, 6) is 0.196. The first-order valence-corrected chi connectivity index (χ1v) is 7.09. The van der Waals surface area contributed by atoms with Gasteiger partial charge in [0, 0.05) is 17.4 Å². The van der Waals surface area contributed by atoms with E-state index in [1.54, 1.807) is 0 Å². The van der Waals surface area contributed by atoms with E-state index in [9.17, 15) is 9.90 Å². The minimum absolute atomic E-state index is 0.0238. The average Bonchev–Trinajstić information content (AvgIpc) is 2.47. The molecule has 0 radical (unpaired) electrons. The van der Waals surface area contributed by atoms with Crippen LogP contribution in [0.1, 0.15) is 42.6 Å². The highest BCUT2D eigenvalue weighted by atomic mass is 16.5. The van der Waals surface area contributed by atoms with Crippen LogP contribution in [-0.4, -0.2) is 30.2 Å². The molecule has 1 aromatic rings. The van der Waals surface area contributed by atoms with Crippen LogP contribution in [0.5, 0.6) is 0 Å². The van der Waals surface area contributed by atoms with Gasteiger partial charge in [-0.15, -0.1) is 0 Å². The molecule has 0 fully saturated rings. The van der Waals surface area contributed by atoms with Gasteiger partial charge in [0.05, 0.1) is 19.3 Å². The number of aliphatic hydroxyl groups is 1. The highest BCUT2D eigenvalue weighted by Gasteiger charge is 2.36. The van der Waals surface area contributed by atoms with Gasteiger partial charge < -0.3 is 9.84 Å². The molecule has 1 unspecified atom stereocenters. The molecule has 3 rings (SSSR count). The van der Waals surface area contributed by atoms with Gasteiger partial charge in [0.1, 0.15) is 0 Å². The van der Waals surface area contributed by atoms with E-state index < -0.39 is 0 Å². The van der Waals surface area contributed by atoms with Gasteiger partial charge in [0.15, 0.2) is 5.78 Å². The Morgan fingerprint density at radius 1 is 1.30 bits per heavy atom. The van der Waals surface area contributed by atoms with Crippen molar-refractivity contribution >= 4 is 11.4 Å². The molecule has 0 amide bonds. The number of fused-ring (bicyclic) bond motifs is 2. The lowest BCUT2D eigenvalue weighted by Crippen LogP contribution is -2.39. The molecule has 0 aromatic heterocycles. The van der Waals surface area contributed by atoms with Crippen molar-refractivity contribution in [1.82, 2.24) is 0 Å². The van der Waals surface area contributed by atoms with E-state index in [0.717, 1.165) is 17.5 Å². The summed E-state index contributed by atoms with van der Waals surface area (Å²) in [7, 11) is 0. The third kappa shape index (κ3) is 2.11. The first-order valence-electron chi connectivity index (χ1n) is 7.09. The van der Waals surface area contributed by atoms with Gasteiger partial charge in [-0.1, -0.05) is 43.7 Å².